The summed E-state index contributed by atoms with van der Waals surface area (Å²) in [6.07, 6.45) is 4.91. The number of hydrogen-bond donors (Lipinski definition) is 2. The Balaban J connectivity index is 1.58. The van der Waals surface area contributed by atoms with E-state index in [0.717, 1.165) is 48.1 Å². The molecule has 7 nitrogen and oxygen atoms in total. The summed E-state index contributed by atoms with van der Waals surface area (Å²) >= 11 is 0. The zero-order valence-corrected chi connectivity index (χ0v) is 18.1. The topological polar surface area (TPSA) is 104 Å². The number of nitrogens with two attached hydrogens (primary N) is 1. The molecule has 1 saturated carbocycles. The molecule has 1 fully saturated rings. The molecule has 2 amide bonds. The molecule has 1 aliphatic carbocycles. The monoisotopic (exact) mass is 419 g/mol. The Bertz CT molecular complexity index is 1060. The zero-order chi connectivity index (χ0) is 22.1. The fraction of sp³-hybridized carbons (Fsp3) is 0.458. The lowest BCUT2D eigenvalue weighted by atomic mass is 9.93. The van der Waals surface area contributed by atoms with Gasteiger partial charge in [0, 0.05) is 18.3 Å². The number of benzene rings is 1. The Hall–Kier alpha value is -3.11. The SMILES string of the molecule is Cc1c(C#N)c(NC(=O)CN2Cc3ccccc3C[C@H]2C(N)=O)n(C2CCCC2)c1C. The number of primary amides is 1. The number of fused-ring (bicyclic) bond motifs is 1. The molecule has 1 aliphatic heterocycles. The molecule has 0 unspecified atom stereocenters. The van der Waals surface area contributed by atoms with Crippen molar-refractivity contribution in [3.05, 3.63) is 52.2 Å². The van der Waals surface area contributed by atoms with Crippen LogP contribution < -0.4 is 11.1 Å². The summed E-state index contributed by atoms with van der Waals surface area (Å²) in [6, 6.07) is 9.98. The molecular weight excluding hydrogens is 390 g/mol. The quantitative estimate of drug-likeness (QED) is 0.777. The van der Waals surface area contributed by atoms with Crippen LogP contribution in [-0.2, 0) is 22.6 Å². The molecule has 0 bridgehead atoms. The smallest absolute Gasteiger partial charge is 0.239 e. The maximum Gasteiger partial charge on any atom is 0.239 e. The normalized spacial score (nSPS) is 19.1. The second kappa shape index (κ2) is 8.56. The van der Waals surface area contributed by atoms with Crippen LogP contribution in [0.15, 0.2) is 24.3 Å². The predicted molar refractivity (Wildman–Crippen MR) is 118 cm³/mol. The molecule has 2 aromatic rings. The number of carbonyl (C=O) groups excluding carboxylic acids is 2. The Morgan fingerprint density at radius 2 is 1.87 bits per heavy atom. The second-order valence-electron chi connectivity index (χ2n) is 8.70. The van der Waals surface area contributed by atoms with Gasteiger partial charge in [-0.2, -0.15) is 5.26 Å². The van der Waals surface area contributed by atoms with E-state index in [9.17, 15) is 14.9 Å². The number of nitrogens with zero attached hydrogens (tertiary/aromatic N) is 3. The highest BCUT2D eigenvalue weighted by Gasteiger charge is 2.32. The summed E-state index contributed by atoms with van der Waals surface area (Å²) in [7, 11) is 0. The van der Waals surface area contributed by atoms with Crippen molar-refractivity contribution < 1.29 is 9.59 Å². The average molecular weight is 420 g/mol. The van der Waals surface area contributed by atoms with Crippen molar-refractivity contribution in [2.75, 3.05) is 11.9 Å². The van der Waals surface area contributed by atoms with Gasteiger partial charge in [0.1, 0.15) is 11.9 Å². The highest BCUT2D eigenvalue weighted by atomic mass is 16.2. The molecule has 4 rings (SSSR count). The lowest BCUT2D eigenvalue weighted by Gasteiger charge is -2.34. The number of carbonyl (C=O) groups is 2. The van der Waals surface area contributed by atoms with E-state index in [2.05, 4.69) is 16.0 Å². The minimum Gasteiger partial charge on any atom is -0.368 e. The molecule has 162 valence electrons. The van der Waals surface area contributed by atoms with Gasteiger partial charge in [-0.3, -0.25) is 14.5 Å². The van der Waals surface area contributed by atoms with Gasteiger partial charge >= 0.3 is 0 Å². The third-order valence-electron chi connectivity index (χ3n) is 6.84. The van der Waals surface area contributed by atoms with Gasteiger partial charge in [-0.25, -0.2) is 0 Å². The highest BCUT2D eigenvalue weighted by molar-refractivity contribution is 5.94. The van der Waals surface area contributed by atoms with E-state index in [-0.39, 0.29) is 12.5 Å². The van der Waals surface area contributed by atoms with Crippen LogP contribution in [0, 0.1) is 25.2 Å². The van der Waals surface area contributed by atoms with Crippen molar-refractivity contribution in [3.8, 4) is 6.07 Å². The van der Waals surface area contributed by atoms with E-state index in [1.54, 1.807) is 0 Å². The first-order valence-electron chi connectivity index (χ1n) is 10.9. The van der Waals surface area contributed by atoms with Crippen molar-refractivity contribution in [1.82, 2.24) is 9.47 Å². The number of aromatic nitrogens is 1. The Morgan fingerprint density at radius 1 is 1.19 bits per heavy atom. The fourth-order valence-electron chi connectivity index (χ4n) is 5.09. The lowest BCUT2D eigenvalue weighted by molar-refractivity contribution is -0.125. The zero-order valence-electron chi connectivity index (χ0n) is 18.1. The first-order valence-corrected chi connectivity index (χ1v) is 10.9. The molecule has 1 aromatic heterocycles. The molecule has 3 N–H and O–H groups in total. The third-order valence-corrected chi connectivity index (χ3v) is 6.84. The van der Waals surface area contributed by atoms with Crippen molar-refractivity contribution in [2.24, 2.45) is 5.73 Å². The van der Waals surface area contributed by atoms with Gasteiger partial charge in [-0.15, -0.1) is 0 Å². The van der Waals surface area contributed by atoms with Gasteiger partial charge in [0.25, 0.3) is 0 Å². The van der Waals surface area contributed by atoms with Crippen LogP contribution in [0.4, 0.5) is 5.82 Å². The van der Waals surface area contributed by atoms with Crippen molar-refractivity contribution in [3.63, 3.8) is 0 Å². The van der Waals surface area contributed by atoms with E-state index in [0.29, 0.717) is 30.4 Å². The Kier molecular flexibility index (Phi) is 5.84. The first-order chi connectivity index (χ1) is 14.9. The van der Waals surface area contributed by atoms with Crippen LogP contribution in [-0.4, -0.2) is 33.9 Å². The third kappa shape index (κ3) is 3.96. The van der Waals surface area contributed by atoms with Crippen LogP contribution in [0.1, 0.15) is 59.7 Å². The molecule has 7 heteroatoms. The summed E-state index contributed by atoms with van der Waals surface area (Å²) in [5.41, 5.74) is 10.3. The number of hydrogen-bond acceptors (Lipinski definition) is 4. The first kappa shape index (κ1) is 21.1. The number of amides is 2. The van der Waals surface area contributed by atoms with Crippen LogP contribution in [0.3, 0.4) is 0 Å². The Morgan fingerprint density at radius 3 is 2.52 bits per heavy atom. The predicted octanol–water partition coefficient (Wildman–Crippen LogP) is 2.94. The largest absolute Gasteiger partial charge is 0.368 e. The van der Waals surface area contributed by atoms with Gasteiger partial charge in [-0.05, 0) is 49.8 Å². The molecule has 0 radical (unpaired) electrons. The van der Waals surface area contributed by atoms with Crippen LogP contribution in [0.25, 0.3) is 0 Å². The second-order valence-corrected chi connectivity index (χ2v) is 8.70. The number of anilines is 1. The standard InChI is InChI=1S/C24H29N5O2/c1-15-16(2)29(19-9-5-6-10-19)24(20(15)12-25)27-22(30)14-28-13-18-8-4-3-7-17(18)11-21(28)23(26)31/h3-4,7-8,19,21H,5-6,9-11,13-14H2,1-2H3,(H2,26,31)(H,27,30)/t21-/m0/s1. The summed E-state index contributed by atoms with van der Waals surface area (Å²) in [4.78, 5) is 27.0. The van der Waals surface area contributed by atoms with Crippen LogP contribution >= 0.6 is 0 Å². The molecule has 1 atom stereocenters. The van der Waals surface area contributed by atoms with Crippen LogP contribution in [0.5, 0.6) is 0 Å². The number of nitrogens with one attached hydrogen (secondary N) is 1. The average Bonchev–Trinajstić information content (AvgIpc) is 3.34. The summed E-state index contributed by atoms with van der Waals surface area (Å²) in [6.45, 7) is 4.47. The minimum atomic E-state index is -0.527. The summed E-state index contributed by atoms with van der Waals surface area (Å²) < 4.78 is 2.13. The summed E-state index contributed by atoms with van der Waals surface area (Å²) in [5, 5.41) is 12.8. The number of nitriles is 1. The highest BCUT2D eigenvalue weighted by Crippen LogP contribution is 2.37. The maximum atomic E-state index is 13.1. The Labute approximate surface area is 182 Å². The molecule has 0 saturated heterocycles. The van der Waals surface area contributed by atoms with Gasteiger partial charge in [0.2, 0.25) is 11.8 Å². The number of rotatable bonds is 5. The van der Waals surface area contributed by atoms with Crippen molar-refractivity contribution in [1.29, 1.82) is 5.26 Å². The fourth-order valence-corrected chi connectivity index (χ4v) is 5.09. The molecule has 2 aliphatic rings. The molecular formula is C24H29N5O2. The molecule has 31 heavy (non-hydrogen) atoms. The molecule has 1 aromatic carbocycles. The van der Waals surface area contributed by atoms with E-state index in [1.165, 1.54) is 0 Å². The lowest BCUT2D eigenvalue weighted by Crippen LogP contribution is -2.51. The van der Waals surface area contributed by atoms with Gasteiger partial charge < -0.3 is 15.6 Å². The van der Waals surface area contributed by atoms with Crippen molar-refractivity contribution in [2.45, 2.75) is 64.6 Å². The molecule has 0 spiro atoms. The maximum absolute atomic E-state index is 13.1. The van der Waals surface area contributed by atoms with Gasteiger partial charge in [0.05, 0.1) is 18.2 Å². The van der Waals surface area contributed by atoms with Crippen LogP contribution in [0.2, 0.25) is 0 Å². The van der Waals surface area contributed by atoms with E-state index < -0.39 is 11.9 Å². The van der Waals surface area contributed by atoms with E-state index >= 15 is 0 Å². The van der Waals surface area contributed by atoms with Gasteiger partial charge in [-0.1, -0.05) is 37.1 Å². The van der Waals surface area contributed by atoms with Gasteiger partial charge in [0.15, 0.2) is 0 Å². The van der Waals surface area contributed by atoms with E-state index in [1.807, 2.05) is 43.0 Å². The molecule has 2 heterocycles. The van der Waals surface area contributed by atoms with E-state index in [4.69, 9.17) is 5.73 Å². The minimum absolute atomic E-state index is 0.0424. The summed E-state index contributed by atoms with van der Waals surface area (Å²) in [5.74, 6) is -0.0812. The van der Waals surface area contributed by atoms with Crippen molar-refractivity contribution >= 4 is 17.6 Å².